The Bertz CT molecular complexity index is 1090. The number of hydrogen-bond donors (Lipinski definition) is 1. The lowest BCUT2D eigenvalue weighted by molar-refractivity contribution is -0.126. The normalized spacial score (nSPS) is 16.4. The second-order valence-corrected chi connectivity index (χ2v) is 9.53. The Kier molecular flexibility index (Phi) is 7.35. The molecule has 0 spiro atoms. The Hall–Kier alpha value is -2.72. The first-order valence-corrected chi connectivity index (χ1v) is 11.6. The highest BCUT2D eigenvalue weighted by Gasteiger charge is 2.33. The number of amides is 1. The number of ether oxygens (including phenoxy) is 2. The van der Waals surface area contributed by atoms with E-state index in [1.807, 2.05) is 0 Å². The Labute approximate surface area is 186 Å². The third-order valence-corrected chi connectivity index (χ3v) is 7.50. The molecule has 2 aromatic rings. The van der Waals surface area contributed by atoms with Crippen LogP contribution in [0.3, 0.4) is 0 Å². The zero-order valence-corrected chi connectivity index (χ0v) is 18.9. The van der Waals surface area contributed by atoms with Crippen LogP contribution in [0, 0.1) is 17.6 Å². The lowest BCUT2D eigenvalue weighted by Crippen LogP contribution is -2.43. The molecule has 1 aliphatic rings. The fraction of sp³-hybridized carbons (Fsp3) is 0.409. The van der Waals surface area contributed by atoms with Gasteiger partial charge in [-0.05, 0) is 50.1 Å². The molecule has 1 unspecified atom stereocenters. The molecule has 0 aliphatic carbocycles. The topological polar surface area (TPSA) is 84.9 Å². The minimum atomic E-state index is -3.77. The molecule has 10 heteroatoms. The summed E-state index contributed by atoms with van der Waals surface area (Å²) in [5.74, 6) is -1.20. The number of rotatable bonds is 7. The lowest BCUT2D eigenvalue weighted by Gasteiger charge is -2.31. The van der Waals surface area contributed by atoms with Gasteiger partial charge in [-0.1, -0.05) is 0 Å². The lowest BCUT2D eigenvalue weighted by atomic mass is 9.96. The maximum atomic E-state index is 13.9. The predicted octanol–water partition coefficient (Wildman–Crippen LogP) is 3.26. The van der Waals surface area contributed by atoms with Crippen molar-refractivity contribution < 1.29 is 31.5 Å². The van der Waals surface area contributed by atoms with E-state index in [4.69, 9.17) is 9.47 Å². The van der Waals surface area contributed by atoms with E-state index in [-0.39, 0.29) is 29.5 Å². The van der Waals surface area contributed by atoms with Gasteiger partial charge in [0.05, 0.1) is 25.2 Å². The van der Waals surface area contributed by atoms with Gasteiger partial charge in [-0.2, -0.15) is 4.31 Å². The SMILES string of the molecule is COc1ccc(S(=O)(=O)N2CCC(C(=O)NC(C)c3cc(F)ccc3F)CC2)cc1OC. The van der Waals surface area contributed by atoms with E-state index in [0.717, 1.165) is 18.2 Å². The molecule has 2 aromatic carbocycles. The Morgan fingerprint density at radius 2 is 1.72 bits per heavy atom. The molecule has 1 atom stereocenters. The Balaban J connectivity index is 1.64. The van der Waals surface area contributed by atoms with Gasteiger partial charge in [0.1, 0.15) is 11.6 Å². The summed E-state index contributed by atoms with van der Waals surface area (Å²) in [6.07, 6.45) is 0.632. The highest BCUT2D eigenvalue weighted by Crippen LogP contribution is 2.32. The highest BCUT2D eigenvalue weighted by molar-refractivity contribution is 7.89. The fourth-order valence-electron chi connectivity index (χ4n) is 3.74. The summed E-state index contributed by atoms with van der Waals surface area (Å²) in [7, 11) is -0.881. The number of nitrogens with one attached hydrogen (secondary N) is 1. The number of sulfonamides is 1. The van der Waals surface area contributed by atoms with Gasteiger partial charge >= 0.3 is 0 Å². The van der Waals surface area contributed by atoms with Crippen molar-refractivity contribution in [3.05, 3.63) is 53.6 Å². The van der Waals surface area contributed by atoms with Gasteiger partial charge in [-0.3, -0.25) is 4.79 Å². The summed E-state index contributed by atoms with van der Waals surface area (Å²) in [5, 5.41) is 2.70. The zero-order chi connectivity index (χ0) is 23.5. The van der Waals surface area contributed by atoms with E-state index < -0.39 is 33.6 Å². The van der Waals surface area contributed by atoms with Crippen molar-refractivity contribution in [1.29, 1.82) is 0 Å². The van der Waals surface area contributed by atoms with Crippen LogP contribution in [0.5, 0.6) is 11.5 Å². The first-order valence-electron chi connectivity index (χ1n) is 10.1. The van der Waals surface area contributed by atoms with Crippen LogP contribution < -0.4 is 14.8 Å². The quantitative estimate of drug-likeness (QED) is 0.674. The summed E-state index contributed by atoms with van der Waals surface area (Å²) in [5.41, 5.74) is 0.0619. The van der Waals surface area contributed by atoms with Gasteiger partial charge in [-0.25, -0.2) is 17.2 Å². The number of halogens is 2. The van der Waals surface area contributed by atoms with Crippen molar-refractivity contribution >= 4 is 15.9 Å². The molecule has 1 amide bonds. The maximum absolute atomic E-state index is 13.9. The van der Waals surface area contributed by atoms with E-state index in [2.05, 4.69) is 5.32 Å². The summed E-state index contributed by atoms with van der Waals surface area (Å²) in [4.78, 5) is 12.7. The van der Waals surface area contributed by atoms with Crippen molar-refractivity contribution in [2.45, 2.75) is 30.7 Å². The van der Waals surface area contributed by atoms with Crippen LogP contribution in [0.25, 0.3) is 0 Å². The first kappa shape index (κ1) is 23.9. The largest absolute Gasteiger partial charge is 0.493 e. The molecular weight excluding hydrogens is 442 g/mol. The van der Waals surface area contributed by atoms with Crippen LogP contribution in [-0.2, 0) is 14.8 Å². The minimum absolute atomic E-state index is 0.0619. The molecule has 32 heavy (non-hydrogen) atoms. The molecule has 0 saturated carbocycles. The summed E-state index contributed by atoms with van der Waals surface area (Å²) in [6, 6.07) is 6.75. The number of hydrogen-bond acceptors (Lipinski definition) is 5. The molecule has 174 valence electrons. The average Bonchev–Trinajstić information content (AvgIpc) is 2.80. The average molecular weight is 469 g/mol. The van der Waals surface area contributed by atoms with Gasteiger partial charge in [0.2, 0.25) is 15.9 Å². The van der Waals surface area contributed by atoms with E-state index >= 15 is 0 Å². The smallest absolute Gasteiger partial charge is 0.243 e. The standard InChI is InChI=1S/C22H26F2N2O5S/c1-14(18-12-16(23)4-6-19(18)24)25-22(27)15-8-10-26(11-9-15)32(28,29)17-5-7-20(30-2)21(13-17)31-3/h4-7,12-15H,8-11H2,1-3H3,(H,25,27). The zero-order valence-electron chi connectivity index (χ0n) is 18.1. The molecule has 1 aliphatic heterocycles. The van der Waals surface area contributed by atoms with E-state index in [9.17, 15) is 22.0 Å². The van der Waals surface area contributed by atoms with Crippen molar-refractivity contribution in [3.8, 4) is 11.5 Å². The third-order valence-electron chi connectivity index (χ3n) is 5.60. The fourth-order valence-corrected chi connectivity index (χ4v) is 5.23. The molecule has 1 fully saturated rings. The van der Waals surface area contributed by atoms with Gasteiger partial charge in [0.15, 0.2) is 11.5 Å². The van der Waals surface area contributed by atoms with Crippen molar-refractivity contribution in [2.75, 3.05) is 27.3 Å². The van der Waals surface area contributed by atoms with E-state index in [1.54, 1.807) is 6.92 Å². The summed E-state index contributed by atoms with van der Waals surface area (Å²) in [6.45, 7) is 1.90. The molecule has 0 bridgehead atoms. The summed E-state index contributed by atoms with van der Waals surface area (Å²) >= 11 is 0. The number of benzene rings is 2. The van der Waals surface area contributed by atoms with Gasteiger partial charge < -0.3 is 14.8 Å². The van der Waals surface area contributed by atoms with Crippen LogP contribution in [-0.4, -0.2) is 45.9 Å². The molecule has 1 N–H and O–H groups in total. The number of carbonyl (C=O) groups excluding carboxylic acids is 1. The second kappa shape index (κ2) is 9.83. The Morgan fingerprint density at radius 1 is 1.06 bits per heavy atom. The molecule has 1 heterocycles. The van der Waals surface area contributed by atoms with Gasteiger partial charge in [0.25, 0.3) is 0 Å². The van der Waals surface area contributed by atoms with Crippen molar-refractivity contribution in [2.24, 2.45) is 5.92 Å². The second-order valence-electron chi connectivity index (χ2n) is 7.59. The van der Waals surface area contributed by atoms with Crippen LogP contribution in [0.4, 0.5) is 8.78 Å². The molecule has 0 aromatic heterocycles. The highest BCUT2D eigenvalue weighted by atomic mass is 32.2. The molecule has 3 rings (SSSR count). The number of piperidine rings is 1. The minimum Gasteiger partial charge on any atom is -0.493 e. The third kappa shape index (κ3) is 5.02. The van der Waals surface area contributed by atoms with Crippen molar-refractivity contribution in [3.63, 3.8) is 0 Å². The first-order chi connectivity index (χ1) is 15.2. The number of methoxy groups -OCH3 is 2. The van der Waals surface area contributed by atoms with Crippen LogP contribution in [0.15, 0.2) is 41.3 Å². The molecular formula is C22H26F2N2O5S. The van der Waals surface area contributed by atoms with Crippen molar-refractivity contribution in [1.82, 2.24) is 9.62 Å². The van der Waals surface area contributed by atoms with Gasteiger partial charge in [-0.15, -0.1) is 0 Å². The monoisotopic (exact) mass is 468 g/mol. The van der Waals surface area contributed by atoms with Crippen LogP contribution in [0.2, 0.25) is 0 Å². The maximum Gasteiger partial charge on any atom is 0.243 e. The number of nitrogens with zero attached hydrogens (tertiary/aromatic N) is 1. The number of carbonyl (C=O) groups is 1. The van der Waals surface area contributed by atoms with E-state index in [1.165, 1.54) is 36.7 Å². The predicted molar refractivity (Wildman–Crippen MR) is 114 cm³/mol. The van der Waals surface area contributed by atoms with Crippen LogP contribution in [0.1, 0.15) is 31.4 Å². The summed E-state index contributed by atoms with van der Waals surface area (Å²) < 4.78 is 65.1. The van der Waals surface area contributed by atoms with Crippen LogP contribution >= 0.6 is 0 Å². The van der Waals surface area contributed by atoms with E-state index in [0.29, 0.717) is 24.3 Å². The Morgan fingerprint density at radius 3 is 2.34 bits per heavy atom. The molecule has 1 saturated heterocycles. The molecule has 7 nitrogen and oxygen atoms in total. The molecule has 0 radical (unpaired) electrons. The van der Waals surface area contributed by atoms with Gasteiger partial charge in [0, 0.05) is 30.6 Å².